The highest BCUT2D eigenvalue weighted by molar-refractivity contribution is 5.95. The van der Waals surface area contributed by atoms with Gasteiger partial charge in [0.25, 0.3) is 11.8 Å². The van der Waals surface area contributed by atoms with Crippen molar-refractivity contribution >= 4 is 17.8 Å². The molecule has 1 aliphatic rings. The van der Waals surface area contributed by atoms with E-state index in [-0.39, 0.29) is 28.9 Å². The average molecular weight is 432 g/mol. The molecule has 0 unspecified atom stereocenters. The number of rotatable bonds is 7. The van der Waals surface area contributed by atoms with Crippen LogP contribution in [-0.2, 0) is 9.53 Å². The molecule has 2 amide bonds. The Morgan fingerprint density at radius 2 is 1.52 bits per heavy atom. The van der Waals surface area contributed by atoms with Crippen molar-refractivity contribution < 1.29 is 37.7 Å². The molecule has 2 heterocycles. The first-order valence-electron chi connectivity index (χ1n) is 9.56. The molecule has 0 aliphatic carbocycles. The predicted molar refractivity (Wildman–Crippen MR) is 108 cm³/mol. The molecule has 31 heavy (non-hydrogen) atoms. The minimum Gasteiger partial charge on any atom is -0.496 e. The Balaban J connectivity index is 1.55. The zero-order valence-corrected chi connectivity index (χ0v) is 17.6. The topological polar surface area (TPSA) is 108 Å². The first-order chi connectivity index (χ1) is 15.0. The summed E-state index contributed by atoms with van der Waals surface area (Å²) in [5, 5.41) is 0. The van der Waals surface area contributed by atoms with Crippen LogP contribution in [0.3, 0.4) is 0 Å². The number of hydrogen-bond donors (Lipinski definition) is 0. The van der Waals surface area contributed by atoms with E-state index in [1.54, 1.807) is 21.9 Å². The second-order valence-electron chi connectivity index (χ2n) is 6.63. The fourth-order valence-corrected chi connectivity index (χ4v) is 3.20. The normalized spacial score (nSPS) is 13.5. The lowest BCUT2D eigenvalue weighted by Gasteiger charge is -2.34. The van der Waals surface area contributed by atoms with Crippen LogP contribution in [0.1, 0.15) is 20.9 Å². The summed E-state index contributed by atoms with van der Waals surface area (Å²) >= 11 is 0. The molecule has 3 rings (SSSR count). The Morgan fingerprint density at radius 1 is 0.903 bits per heavy atom. The Hall–Kier alpha value is -3.69. The summed E-state index contributed by atoms with van der Waals surface area (Å²) in [6.45, 7) is 0.971. The van der Waals surface area contributed by atoms with E-state index < -0.39 is 12.6 Å². The molecule has 0 spiro atoms. The van der Waals surface area contributed by atoms with Gasteiger partial charge in [0.2, 0.25) is 0 Å². The standard InChI is InChI=1S/C21H24N2O8/c1-27-16-12-18(29-3)17(28-2)11-14(16)21(26)31-13-19(24)22-6-8-23(9-7-22)20(25)15-5-4-10-30-15/h4-5,10-12H,6-9,13H2,1-3H3. The average Bonchev–Trinajstić information content (AvgIpc) is 3.36. The van der Waals surface area contributed by atoms with E-state index in [0.29, 0.717) is 37.7 Å². The highest BCUT2D eigenvalue weighted by atomic mass is 16.5. The number of benzene rings is 1. The summed E-state index contributed by atoms with van der Waals surface area (Å²) in [5.74, 6) is -0.0645. The van der Waals surface area contributed by atoms with Gasteiger partial charge < -0.3 is 33.2 Å². The van der Waals surface area contributed by atoms with Gasteiger partial charge in [-0.1, -0.05) is 0 Å². The van der Waals surface area contributed by atoms with E-state index in [1.165, 1.54) is 39.7 Å². The summed E-state index contributed by atoms with van der Waals surface area (Å²) in [4.78, 5) is 40.4. The van der Waals surface area contributed by atoms with Crippen LogP contribution < -0.4 is 14.2 Å². The van der Waals surface area contributed by atoms with Crippen LogP contribution in [0, 0.1) is 0 Å². The molecule has 10 heteroatoms. The van der Waals surface area contributed by atoms with Crippen LogP contribution in [0.15, 0.2) is 34.9 Å². The molecule has 1 aromatic carbocycles. The fraction of sp³-hybridized carbons (Fsp3) is 0.381. The molecule has 0 N–H and O–H groups in total. The van der Waals surface area contributed by atoms with E-state index in [4.69, 9.17) is 23.4 Å². The van der Waals surface area contributed by atoms with Crippen molar-refractivity contribution in [1.29, 1.82) is 0 Å². The van der Waals surface area contributed by atoms with Gasteiger partial charge in [0.15, 0.2) is 23.9 Å². The van der Waals surface area contributed by atoms with E-state index in [2.05, 4.69) is 0 Å². The van der Waals surface area contributed by atoms with Gasteiger partial charge in [-0.25, -0.2) is 4.79 Å². The van der Waals surface area contributed by atoms with Crippen molar-refractivity contribution in [1.82, 2.24) is 9.80 Å². The van der Waals surface area contributed by atoms with Gasteiger partial charge in [0, 0.05) is 38.3 Å². The number of esters is 1. The molecule has 2 aromatic rings. The lowest BCUT2D eigenvalue weighted by atomic mass is 10.1. The molecule has 1 aliphatic heterocycles. The zero-order chi connectivity index (χ0) is 22.4. The fourth-order valence-electron chi connectivity index (χ4n) is 3.20. The molecule has 0 atom stereocenters. The smallest absolute Gasteiger partial charge is 0.342 e. The number of carbonyl (C=O) groups excluding carboxylic acids is 3. The van der Waals surface area contributed by atoms with Crippen molar-refractivity contribution in [3.63, 3.8) is 0 Å². The molecular formula is C21H24N2O8. The van der Waals surface area contributed by atoms with E-state index in [9.17, 15) is 14.4 Å². The molecule has 0 bridgehead atoms. The second-order valence-corrected chi connectivity index (χ2v) is 6.63. The van der Waals surface area contributed by atoms with E-state index in [1.807, 2.05) is 0 Å². The molecular weight excluding hydrogens is 408 g/mol. The maximum Gasteiger partial charge on any atom is 0.342 e. The molecule has 166 valence electrons. The maximum atomic E-state index is 12.5. The van der Waals surface area contributed by atoms with Gasteiger partial charge >= 0.3 is 5.97 Å². The third kappa shape index (κ3) is 4.90. The van der Waals surface area contributed by atoms with Crippen molar-refractivity contribution in [2.24, 2.45) is 0 Å². The lowest BCUT2D eigenvalue weighted by molar-refractivity contribution is -0.136. The predicted octanol–water partition coefficient (Wildman–Crippen LogP) is 1.45. The van der Waals surface area contributed by atoms with E-state index >= 15 is 0 Å². The van der Waals surface area contributed by atoms with Gasteiger partial charge in [0.05, 0.1) is 27.6 Å². The number of ether oxygens (including phenoxy) is 4. The number of methoxy groups -OCH3 is 3. The number of piperazine rings is 1. The molecule has 1 fully saturated rings. The highest BCUT2D eigenvalue weighted by Gasteiger charge is 2.27. The highest BCUT2D eigenvalue weighted by Crippen LogP contribution is 2.34. The van der Waals surface area contributed by atoms with Crippen molar-refractivity contribution in [3.05, 3.63) is 41.9 Å². The number of furan rings is 1. The molecule has 0 radical (unpaired) electrons. The first kappa shape index (κ1) is 22.0. The molecule has 10 nitrogen and oxygen atoms in total. The minimum absolute atomic E-state index is 0.113. The largest absolute Gasteiger partial charge is 0.496 e. The number of carbonyl (C=O) groups is 3. The first-order valence-corrected chi connectivity index (χ1v) is 9.56. The van der Waals surface area contributed by atoms with Crippen molar-refractivity contribution in [3.8, 4) is 17.2 Å². The second kappa shape index (κ2) is 9.88. The molecule has 1 saturated heterocycles. The molecule has 1 aromatic heterocycles. The summed E-state index contributed by atoms with van der Waals surface area (Å²) in [5.41, 5.74) is 0.113. The zero-order valence-electron chi connectivity index (χ0n) is 17.6. The lowest BCUT2D eigenvalue weighted by Crippen LogP contribution is -2.51. The van der Waals surface area contributed by atoms with Crippen molar-refractivity contribution in [2.75, 3.05) is 54.1 Å². The minimum atomic E-state index is -0.724. The summed E-state index contributed by atoms with van der Waals surface area (Å²) < 4.78 is 25.9. The Morgan fingerprint density at radius 3 is 2.10 bits per heavy atom. The monoisotopic (exact) mass is 432 g/mol. The van der Waals surface area contributed by atoms with Crippen LogP contribution in [0.5, 0.6) is 17.2 Å². The van der Waals surface area contributed by atoms with Crippen LogP contribution in [0.2, 0.25) is 0 Å². The van der Waals surface area contributed by atoms with Crippen LogP contribution >= 0.6 is 0 Å². The van der Waals surface area contributed by atoms with Gasteiger partial charge in [-0.3, -0.25) is 9.59 Å². The van der Waals surface area contributed by atoms with Gasteiger partial charge in [-0.05, 0) is 12.1 Å². The Labute approximate surface area is 179 Å². The summed E-state index contributed by atoms with van der Waals surface area (Å²) in [6, 6.07) is 6.19. The summed E-state index contributed by atoms with van der Waals surface area (Å²) in [6.07, 6.45) is 1.44. The van der Waals surface area contributed by atoms with Crippen LogP contribution in [-0.4, -0.2) is 81.7 Å². The number of nitrogens with zero attached hydrogens (tertiary/aromatic N) is 2. The Kier molecular flexibility index (Phi) is 7.01. The van der Waals surface area contributed by atoms with Gasteiger partial charge in [-0.15, -0.1) is 0 Å². The Bertz CT molecular complexity index is 933. The molecule has 0 saturated carbocycles. The third-order valence-corrected chi connectivity index (χ3v) is 4.90. The third-order valence-electron chi connectivity index (χ3n) is 4.90. The summed E-state index contributed by atoms with van der Waals surface area (Å²) in [7, 11) is 4.32. The maximum absolute atomic E-state index is 12.5. The quantitative estimate of drug-likeness (QED) is 0.605. The number of hydrogen-bond acceptors (Lipinski definition) is 8. The van der Waals surface area contributed by atoms with E-state index in [0.717, 1.165) is 0 Å². The van der Waals surface area contributed by atoms with Crippen LogP contribution in [0.25, 0.3) is 0 Å². The number of amides is 2. The SMILES string of the molecule is COc1cc(OC)c(C(=O)OCC(=O)N2CCN(C(=O)c3ccco3)CC2)cc1OC. The van der Waals surface area contributed by atoms with Crippen molar-refractivity contribution in [2.45, 2.75) is 0 Å². The van der Waals surface area contributed by atoms with Crippen LogP contribution in [0.4, 0.5) is 0 Å². The van der Waals surface area contributed by atoms with Gasteiger partial charge in [0.1, 0.15) is 11.3 Å². The van der Waals surface area contributed by atoms with Gasteiger partial charge in [-0.2, -0.15) is 0 Å².